The lowest BCUT2D eigenvalue weighted by atomic mass is 10.1. The predicted octanol–water partition coefficient (Wildman–Crippen LogP) is 11.0. The molecule has 6 heteroatoms. The molecule has 0 unspecified atom stereocenters. The maximum atomic E-state index is 12.6. The van der Waals surface area contributed by atoms with E-state index >= 15 is 0 Å². The fraction of sp³-hybridized carbons (Fsp3) is 0.474. The van der Waals surface area contributed by atoms with Crippen molar-refractivity contribution in [3.05, 3.63) is 72.3 Å². The van der Waals surface area contributed by atoms with E-state index in [0.29, 0.717) is 36.0 Å². The number of carbonyl (C=O) groups excluding carboxylic acids is 1. The van der Waals surface area contributed by atoms with E-state index in [1.165, 1.54) is 77.0 Å². The van der Waals surface area contributed by atoms with Crippen LogP contribution in [0.5, 0.6) is 17.2 Å². The van der Waals surface area contributed by atoms with Gasteiger partial charge in [-0.15, -0.1) is 0 Å². The molecule has 6 nitrogen and oxygen atoms in total. The van der Waals surface area contributed by atoms with Crippen molar-refractivity contribution in [1.82, 2.24) is 4.98 Å². The van der Waals surface area contributed by atoms with E-state index in [1.54, 1.807) is 36.4 Å². The lowest BCUT2D eigenvalue weighted by Gasteiger charge is -2.08. The second kappa shape index (κ2) is 18.8. The molecule has 0 amide bonds. The molecular formula is C38H49NO5. The number of ether oxygens (including phenoxy) is 3. The zero-order chi connectivity index (χ0) is 30.8. The molecule has 0 aliphatic rings. The minimum atomic E-state index is -0.417. The van der Waals surface area contributed by atoms with E-state index in [9.17, 15) is 4.79 Å². The van der Waals surface area contributed by atoms with Gasteiger partial charge in [0.2, 0.25) is 5.89 Å². The Balaban J connectivity index is 1.19. The van der Waals surface area contributed by atoms with Gasteiger partial charge in [-0.3, -0.25) is 0 Å². The summed E-state index contributed by atoms with van der Waals surface area (Å²) >= 11 is 0. The van der Waals surface area contributed by atoms with Crippen LogP contribution in [0.25, 0.3) is 22.6 Å². The molecule has 4 rings (SSSR count). The quantitative estimate of drug-likeness (QED) is 0.0539. The Morgan fingerprint density at radius 1 is 0.614 bits per heavy atom. The Labute approximate surface area is 263 Å². The van der Waals surface area contributed by atoms with Crippen LogP contribution >= 0.6 is 0 Å². The van der Waals surface area contributed by atoms with Gasteiger partial charge in [-0.25, -0.2) is 9.78 Å². The van der Waals surface area contributed by atoms with Gasteiger partial charge in [0.05, 0.1) is 18.8 Å². The zero-order valence-electron chi connectivity index (χ0n) is 26.7. The Bertz CT molecular complexity index is 1380. The first-order chi connectivity index (χ1) is 21.7. The van der Waals surface area contributed by atoms with Crippen LogP contribution in [0, 0.1) is 0 Å². The SMILES string of the molecule is CCCCCCCCCCCCOc1ccc2nc(-c3ccc(OC(=O)c4ccc(OCCCCCC)cc4)cc3)oc2c1. The molecule has 0 bridgehead atoms. The molecule has 0 saturated carbocycles. The average Bonchev–Trinajstić information content (AvgIpc) is 3.48. The molecule has 0 N–H and O–H groups in total. The van der Waals surface area contributed by atoms with E-state index < -0.39 is 5.97 Å². The highest BCUT2D eigenvalue weighted by Crippen LogP contribution is 2.29. The highest BCUT2D eigenvalue weighted by molar-refractivity contribution is 5.91. The number of hydrogen-bond acceptors (Lipinski definition) is 6. The highest BCUT2D eigenvalue weighted by atomic mass is 16.5. The second-order valence-corrected chi connectivity index (χ2v) is 11.5. The number of aromatic nitrogens is 1. The van der Waals surface area contributed by atoms with Crippen molar-refractivity contribution in [2.75, 3.05) is 13.2 Å². The summed E-state index contributed by atoms with van der Waals surface area (Å²) in [6.07, 6.45) is 17.7. The Kier molecular flexibility index (Phi) is 14.1. The molecule has 0 radical (unpaired) electrons. The highest BCUT2D eigenvalue weighted by Gasteiger charge is 2.12. The minimum absolute atomic E-state index is 0.417. The number of unbranched alkanes of at least 4 members (excludes halogenated alkanes) is 12. The number of carbonyl (C=O) groups is 1. The van der Waals surface area contributed by atoms with E-state index in [1.807, 2.05) is 30.3 Å². The lowest BCUT2D eigenvalue weighted by Crippen LogP contribution is -2.08. The summed E-state index contributed by atoms with van der Waals surface area (Å²) in [5.74, 6) is 2.10. The molecule has 0 aliphatic carbocycles. The zero-order valence-corrected chi connectivity index (χ0v) is 26.7. The summed E-state index contributed by atoms with van der Waals surface area (Å²) < 4.78 is 23.4. The molecule has 1 aromatic heterocycles. The van der Waals surface area contributed by atoms with Gasteiger partial charge in [0.1, 0.15) is 22.8 Å². The smallest absolute Gasteiger partial charge is 0.343 e. The summed E-state index contributed by atoms with van der Waals surface area (Å²) in [5, 5.41) is 0. The van der Waals surface area contributed by atoms with Gasteiger partial charge < -0.3 is 18.6 Å². The molecule has 0 spiro atoms. The Morgan fingerprint density at radius 3 is 1.77 bits per heavy atom. The summed E-state index contributed by atoms with van der Waals surface area (Å²) in [7, 11) is 0. The summed E-state index contributed by atoms with van der Waals surface area (Å²) in [6.45, 7) is 5.85. The van der Waals surface area contributed by atoms with Crippen molar-refractivity contribution in [3.63, 3.8) is 0 Å². The molecule has 0 fully saturated rings. The van der Waals surface area contributed by atoms with Gasteiger partial charge in [-0.05, 0) is 73.5 Å². The van der Waals surface area contributed by atoms with Crippen LogP contribution in [0.1, 0.15) is 114 Å². The van der Waals surface area contributed by atoms with Crippen LogP contribution in [0.3, 0.4) is 0 Å². The predicted molar refractivity (Wildman–Crippen MR) is 178 cm³/mol. The van der Waals surface area contributed by atoms with Crippen molar-refractivity contribution in [1.29, 1.82) is 0 Å². The number of hydrogen-bond donors (Lipinski definition) is 0. The largest absolute Gasteiger partial charge is 0.494 e. The molecule has 1 heterocycles. The number of fused-ring (bicyclic) bond motifs is 1. The molecule has 0 saturated heterocycles. The van der Waals surface area contributed by atoms with E-state index in [-0.39, 0.29) is 0 Å². The van der Waals surface area contributed by atoms with Gasteiger partial charge in [-0.2, -0.15) is 0 Å². The van der Waals surface area contributed by atoms with Gasteiger partial charge >= 0.3 is 5.97 Å². The first kappa shape index (κ1) is 33.1. The molecule has 44 heavy (non-hydrogen) atoms. The first-order valence-corrected chi connectivity index (χ1v) is 16.7. The molecule has 0 aliphatic heterocycles. The van der Waals surface area contributed by atoms with Crippen LogP contribution in [0.4, 0.5) is 0 Å². The fourth-order valence-corrected chi connectivity index (χ4v) is 5.14. The normalized spacial score (nSPS) is 11.1. The van der Waals surface area contributed by atoms with Gasteiger partial charge in [0.25, 0.3) is 0 Å². The Hall–Kier alpha value is -3.80. The van der Waals surface area contributed by atoms with Gasteiger partial charge in [-0.1, -0.05) is 90.9 Å². The van der Waals surface area contributed by atoms with Crippen molar-refractivity contribution in [2.45, 2.75) is 104 Å². The van der Waals surface area contributed by atoms with Gasteiger partial charge in [0, 0.05) is 11.6 Å². The molecule has 4 aromatic rings. The second-order valence-electron chi connectivity index (χ2n) is 11.5. The average molecular weight is 600 g/mol. The van der Waals surface area contributed by atoms with Crippen molar-refractivity contribution in [2.24, 2.45) is 0 Å². The van der Waals surface area contributed by atoms with Gasteiger partial charge in [0.15, 0.2) is 5.58 Å². The number of esters is 1. The minimum Gasteiger partial charge on any atom is -0.494 e. The van der Waals surface area contributed by atoms with E-state index in [2.05, 4.69) is 18.8 Å². The standard InChI is InChI=1S/C38H49NO5/c1-3-5-7-9-10-11-12-13-14-16-28-42-34-25-26-35-36(29-34)44-37(39-35)30-17-23-33(24-18-30)43-38(40)31-19-21-32(22-20-31)41-27-15-8-6-4-2/h17-26,29H,3-16,27-28H2,1-2H3. The number of oxazole rings is 1. The van der Waals surface area contributed by atoms with Crippen LogP contribution in [0.2, 0.25) is 0 Å². The van der Waals surface area contributed by atoms with Crippen LogP contribution in [-0.2, 0) is 0 Å². The van der Waals surface area contributed by atoms with Crippen LogP contribution in [0.15, 0.2) is 71.1 Å². The Morgan fingerprint density at radius 2 is 1.14 bits per heavy atom. The van der Waals surface area contributed by atoms with Crippen molar-refractivity contribution in [3.8, 4) is 28.7 Å². The maximum absolute atomic E-state index is 12.6. The topological polar surface area (TPSA) is 70.8 Å². The third kappa shape index (κ3) is 11.0. The van der Waals surface area contributed by atoms with E-state index in [0.717, 1.165) is 35.4 Å². The molecular weight excluding hydrogens is 550 g/mol. The first-order valence-electron chi connectivity index (χ1n) is 16.7. The number of rotatable bonds is 21. The van der Waals surface area contributed by atoms with Crippen molar-refractivity contribution >= 4 is 17.1 Å². The van der Waals surface area contributed by atoms with Crippen LogP contribution < -0.4 is 14.2 Å². The lowest BCUT2D eigenvalue weighted by molar-refractivity contribution is 0.0734. The third-order valence-electron chi connectivity index (χ3n) is 7.79. The molecule has 3 aromatic carbocycles. The number of benzene rings is 3. The summed E-state index contributed by atoms with van der Waals surface area (Å²) in [6, 6.07) is 20.0. The van der Waals surface area contributed by atoms with E-state index in [4.69, 9.17) is 18.6 Å². The van der Waals surface area contributed by atoms with Crippen molar-refractivity contribution < 1.29 is 23.4 Å². The third-order valence-corrected chi connectivity index (χ3v) is 7.79. The molecule has 0 atom stereocenters. The maximum Gasteiger partial charge on any atom is 0.343 e. The monoisotopic (exact) mass is 599 g/mol. The summed E-state index contributed by atoms with van der Waals surface area (Å²) in [4.78, 5) is 17.3. The summed E-state index contributed by atoms with van der Waals surface area (Å²) in [5.41, 5.74) is 2.73. The number of nitrogens with zero attached hydrogens (tertiary/aromatic N) is 1. The van der Waals surface area contributed by atoms with Crippen LogP contribution in [-0.4, -0.2) is 24.2 Å². The fourth-order valence-electron chi connectivity index (χ4n) is 5.14. The molecule has 236 valence electrons.